The van der Waals surface area contributed by atoms with Crippen molar-refractivity contribution in [2.24, 2.45) is 0 Å². The smallest absolute Gasteiger partial charge is 0.220 e. The maximum atomic E-state index is 5.60. The summed E-state index contributed by atoms with van der Waals surface area (Å²) in [5, 5.41) is 12.9. The molecule has 5 heteroatoms. The van der Waals surface area contributed by atoms with Gasteiger partial charge in [-0.2, -0.15) is 9.61 Å². The van der Waals surface area contributed by atoms with Gasteiger partial charge in [0.15, 0.2) is 11.6 Å². The van der Waals surface area contributed by atoms with Gasteiger partial charge in [0, 0.05) is 11.6 Å². The second-order valence-electron chi connectivity index (χ2n) is 4.57. The molecular formula is C16H20N4O. The number of hydrogen-bond acceptors (Lipinski definition) is 4. The largest absolute Gasteiger partial charge is 0.490 e. The van der Waals surface area contributed by atoms with Crippen LogP contribution in [0.4, 0.5) is 0 Å². The van der Waals surface area contributed by atoms with Gasteiger partial charge in [0.2, 0.25) is 5.65 Å². The summed E-state index contributed by atoms with van der Waals surface area (Å²) in [5.74, 6) is 1.37. The molecule has 0 fully saturated rings. The molecular weight excluding hydrogens is 264 g/mol. The average molecular weight is 284 g/mol. The SMILES string of the molecule is C=CCC/C=C(\C=C)c1nnc2c(OCC)cc(C)nn12. The summed E-state index contributed by atoms with van der Waals surface area (Å²) in [6.45, 7) is 12.0. The first-order valence-corrected chi connectivity index (χ1v) is 7.01. The maximum Gasteiger partial charge on any atom is 0.220 e. The topological polar surface area (TPSA) is 52.3 Å². The van der Waals surface area contributed by atoms with Gasteiger partial charge in [-0.1, -0.05) is 24.8 Å². The average Bonchev–Trinajstić information content (AvgIpc) is 2.88. The van der Waals surface area contributed by atoms with Crippen molar-refractivity contribution in [2.75, 3.05) is 6.61 Å². The summed E-state index contributed by atoms with van der Waals surface area (Å²) in [4.78, 5) is 0. The highest BCUT2D eigenvalue weighted by atomic mass is 16.5. The van der Waals surface area contributed by atoms with E-state index < -0.39 is 0 Å². The quantitative estimate of drug-likeness (QED) is 0.444. The molecule has 0 aliphatic carbocycles. The van der Waals surface area contributed by atoms with E-state index in [1.165, 1.54) is 0 Å². The van der Waals surface area contributed by atoms with Crippen molar-refractivity contribution in [3.8, 4) is 5.75 Å². The Labute approximate surface area is 124 Å². The van der Waals surface area contributed by atoms with Gasteiger partial charge in [0.25, 0.3) is 0 Å². The summed E-state index contributed by atoms with van der Waals surface area (Å²) in [6.07, 6.45) is 7.50. The van der Waals surface area contributed by atoms with E-state index in [9.17, 15) is 0 Å². The number of ether oxygens (including phenoxy) is 1. The van der Waals surface area contributed by atoms with E-state index in [4.69, 9.17) is 4.74 Å². The zero-order chi connectivity index (χ0) is 15.2. The van der Waals surface area contributed by atoms with Crippen LogP contribution in [0, 0.1) is 6.92 Å². The van der Waals surface area contributed by atoms with E-state index in [1.807, 2.05) is 26.0 Å². The van der Waals surface area contributed by atoms with Gasteiger partial charge in [0.1, 0.15) is 0 Å². The molecule has 0 amide bonds. The van der Waals surface area contributed by atoms with Crippen LogP contribution in [0.15, 0.2) is 37.5 Å². The molecule has 0 aliphatic heterocycles. The number of aryl methyl sites for hydroxylation is 1. The van der Waals surface area contributed by atoms with Gasteiger partial charge in [-0.15, -0.1) is 16.8 Å². The second-order valence-corrected chi connectivity index (χ2v) is 4.57. The lowest BCUT2D eigenvalue weighted by atomic mass is 10.2. The third kappa shape index (κ3) is 3.18. The zero-order valence-corrected chi connectivity index (χ0v) is 12.5. The van der Waals surface area contributed by atoms with Crippen molar-refractivity contribution in [3.63, 3.8) is 0 Å². The predicted octanol–water partition coefficient (Wildman–Crippen LogP) is 3.37. The number of aromatic nitrogens is 4. The lowest BCUT2D eigenvalue weighted by molar-refractivity contribution is 0.341. The number of fused-ring (bicyclic) bond motifs is 1. The molecule has 5 nitrogen and oxygen atoms in total. The summed E-state index contributed by atoms with van der Waals surface area (Å²) >= 11 is 0. The first kappa shape index (κ1) is 15.0. The summed E-state index contributed by atoms with van der Waals surface area (Å²) in [6, 6.07) is 1.87. The highest BCUT2D eigenvalue weighted by Crippen LogP contribution is 2.22. The van der Waals surface area contributed by atoms with Crippen molar-refractivity contribution in [1.29, 1.82) is 0 Å². The number of allylic oxidation sites excluding steroid dienone is 4. The Morgan fingerprint density at radius 3 is 2.81 bits per heavy atom. The molecule has 110 valence electrons. The van der Waals surface area contributed by atoms with Crippen LogP contribution in [0.5, 0.6) is 5.75 Å². The molecule has 0 aliphatic rings. The third-order valence-electron chi connectivity index (χ3n) is 2.97. The van der Waals surface area contributed by atoms with Gasteiger partial charge >= 0.3 is 0 Å². The number of hydrogen-bond donors (Lipinski definition) is 0. The molecule has 2 aromatic rings. The Morgan fingerprint density at radius 1 is 1.33 bits per heavy atom. The van der Waals surface area contributed by atoms with E-state index >= 15 is 0 Å². The maximum absolute atomic E-state index is 5.60. The Kier molecular flexibility index (Phi) is 4.87. The third-order valence-corrected chi connectivity index (χ3v) is 2.97. The summed E-state index contributed by atoms with van der Waals surface area (Å²) in [5.41, 5.74) is 2.38. The van der Waals surface area contributed by atoms with Gasteiger partial charge in [0.05, 0.1) is 12.3 Å². The lowest BCUT2D eigenvalue weighted by Gasteiger charge is -2.06. The highest BCUT2D eigenvalue weighted by molar-refractivity contribution is 5.71. The molecule has 0 aromatic carbocycles. The van der Waals surface area contributed by atoms with E-state index in [2.05, 4.69) is 34.5 Å². The van der Waals surface area contributed by atoms with Gasteiger partial charge in [-0.3, -0.25) is 0 Å². The lowest BCUT2D eigenvalue weighted by Crippen LogP contribution is -2.03. The number of rotatable bonds is 7. The molecule has 0 radical (unpaired) electrons. The number of nitrogens with zero attached hydrogens (tertiary/aromatic N) is 4. The molecule has 2 heterocycles. The first-order chi connectivity index (χ1) is 10.2. The van der Waals surface area contributed by atoms with Crippen LogP contribution in [-0.4, -0.2) is 26.4 Å². The van der Waals surface area contributed by atoms with Gasteiger partial charge in [-0.25, -0.2) is 0 Å². The zero-order valence-electron chi connectivity index (χ0n) is 12.5. The molecule has 0 unspecified atom stereocenters. The molecule has 21 heavy (non-hydrogen) atoms. The minimum atomic E-state index is 0.574. The first-order valence-electron chi connectivity index (χ1n) is 7.01. The van der Waals surface area contributed by atoms with Crippen LogP contribution in [0.3, 0.4) is 0 Å². The molecule has 0 saturated heterocycles. The monoisotopic (exact) mass is 284 g/mol. The van der Waals surface area contributed by atoms with Gasteiger partial charge < -0.3 is 4.74 Å². The molecule has 2 rings (SSSR count). The van der Waals surface area contributed by atoms with Crippen molar-refractivity contribution in [1.82, 2.24) is 19.8 Å². The number of unbranched alkanes of at least 4 members (excludes halogenated alkanes) is 1. The van der Waals surface area contributed by atoms with E-state index in [0.717, 1.165) is 24.1 Å². The molecule has 0 bridgehead atoms. The fourth-order valence-corrected chi connectivity index (χ4v) is 2.03. The predicted molar refractivity (Wildman–Crippen MR) is 84.3 cm³/mol. The Balaban J connectivity index is 2.51. The summed E-state index contributed by atoms with van der Waals surface area (Å²) < 4.78 is 7.31. The fraction of sp³-hybridized carbons (Fsp3) is 0.312. The normalized spacial score (nSPS) is 11.6. The molecule has 0 atom stereocenters. The highest BCUT2D eigenvalue weighted by Gasteiger charge is 2.14. The van der Waals surface area contributed by atoms with Crippen molar-refractivity contribution >= 4 is 11.2 Å². The molecule has 2 aromatic heterocycles. The molecule has 0 N–H and O–H groups in total. The molecule has 0 saturated carbocycles. The Morgan fingerprint density at radius 2 is 2.14 bits per heavy atom. The van der Waals surface area contributed by atoms with E-state index in [0.29, 0.717) is 23.8 Å². The van der Waals surface area contributed by atoms with Crippen LogP contribution in [0.25, 0.3) is 11.2 Å². The molecule has 0 spiro atoms. The Hall–Kier alpha value is -2.43. The van der Waals surface area contributed by atoms with Crippen LogP contribution >= 0.6 is 0 Å². The second kappa shape index (κ2) is 6.83. The Bertz CT molecular complexity index is 685. The van der Waals surface area contributed by atoms with Crippen LogP contribution in [0.2, 0.25) is 0 Å². The van der Waals surface area contributed by atoms with E-state index in [1.54, 1.807) is 10.6 Å². The van der Waals surface area contributed by atoms with E-state index in [-0.39, 0.29) is 0 Å². The van der Waals surface area contributed by atoms with Crippen molar-refractivity contribution < 1.29 is 4.74 Å². The minimum absolute atomic E-state index is 0.574. The van der Waals surface area contributed by atoms with Crippen molar-refractivity contribution in [3.05, 3.63) is 49.0 Å². The van der Waals surface area contributed by atoms with Crippen LogP contribution < -0.4 is 4.74 Å². The van der Waals surface area contributed by atoms with Gasteiger partial charge in [-0.05, 0) is 26.7 Å². The van der Waals surface area contributed by atoms with Crippen molar-refractivity contribution in [2.45, 2.75) is 26.7 Å². The van der Waals surface area contributed by atoms with Crippen LogP contribution in [-0.2, 0) is 0 Å². The standard InChI is InChI=1S/C16H20N4O/c1-5-8-9-10-13(6-2)15-17-18-16-14(21-7-3)11-12(4)19-20(15)16/h5-6,10-11H,1-2,7-9H2,3-4H3/b13-10+. The minimum Gasteiger partial charge on any atom is -0.490 e. The van der Waals surface area contributed by atoms with Crippen LogP contribution in [0.1, 0.15) is 31.3 Å². The fourth-order valence-electron chi connectivity index (χ4n) is 2.03. The summed E-state index contributed by atoms with van der Waals surface area (Å²) in [7, 11) is 0.